The molecule has 0 spiro atoms. The lowest BCUT2D eigenvalue weighted by Crippen LogP contribution is -2.34. The summed E-state index contributed by atoms with van der Waals surface area (Å²) in [6, 6.07) is 3.15. The van der Waals surface area contributed by atoms with E-state index in [1.807, 2.05) is 0 Å². The minimum Gasteiger partial charge on any atom is -0.507 e. The lowest BCUT2D eigenvalue weighted by atomic mass is 10.1. The van der Waals surface area contributed by atoms with Gasteiger partial charge in [0.2, 0.25) is 0 Å². The molecule has 6 heteroatoms. The molecular formula is C13H16FNO4. The van der Waals surface area contributed by atoms with Gasteiger partial charge in [0.1, 0.15) is 11.6 Å². The summed E-state index contributed by atoms with van der Waals surface area (Å²) in [6.07, 6.45) is 0. The Bertz CT molecular complexity index is 490. The number of phenolic OH excluding ortho intramolecular Hbond substituents is 1. The van der Waals surface area contributed by atoms with Crippen molar-refractivity contribution in [2.24, 2.45) is 5.92 Å². The Kier molecular flexibility index (Phi) is 4.86. The maximum Gasteiger partial charge on any atom is 0.310 e. The van der Waals surface area contributed by atoms with E-state index in [0.717, 1.165) is 12.1 Å². The van der Waals surface area contributed by atoms with Crippen LogP contribution in [0.15, 0.2) is 18.2 Å². The highest BCUT2D eigenvalue weighted by atomic mass is 19.1. The molecule has 19 heavy (non-hydrogen) atoms. The highest BCUT2D eigenvalue weighted by molar-refractivity contribution is 5.96. The topological polar surface area (TPSA) is 66.8 Å². The fraction of sp³-hybridized carbons (Fsp3) is 0.385. The van der Waals surface area contributed by atoms with Crippen LogP contribution in [-0.4, -0.2) is 42.6 Å². The number of benzene rings is 1. The third-order valence-electron chi connectivity index (χ3n) is 2.69. The molecule has 0 aliphatic heterocycles. The summed E-state index contributed by atoms with van der Waals surface area (Å²) in [5, 5.41) is 9.52. The zero-order valence-electron chi connectivity index (χ0n) is 11.0. The van der Waals surface area contributed by atoms with E-state index < -0.39 is 29.4 Å². The highest BCUT2D eigenvalue weighted by Crippen LogP contribution is 2.20. The van der Waals surface area contributed by atoms with Crippen molar-refractivity contribution in [3.05, 3.63) is 29.6 Å². The van der Waals surface area contributed by atoms with Crippen molar-refractivity contribution in [1.29, 1.82) is 0 Å². The molecule has 0 heterocycles. The number of amides is 1. The van der Waals surface area contributed by atoms with Crippen molar-refractivity contribution in [3.63, 3.8) is 0 Å². The van der Waals surface area contributed by atoms with Gasteiger partial charge in [0.15, 0.2) is 0 Å². The van der Waals surface area contributed by atoms with Gasteiger partial charge in [0.25, 0.3) is 5.91 Å². The highest BCUT2D eigenvalue weighted by Gasteiger charge is 2.21. The Hall–Kier alpha value is -2.11. The molecule has 1 unspecified atom stereocenters. The first-order valence-electron chi connectivity index (χ1n) is 5.68. The average Bonchev–Trinajstić information content (AvgIpc) is 2.36. The number of aromatic hydroxyl groups is 1. The second-order valence-corrected chi connectivity index (χ2v) is 4.27. The average molecular weight is 269 g/mol. The molecule has 1 N–H and O–H groups in total. The van der Waals surface area contributed by atoms with Gasteiger partial charge in [0, 0.05) is 19.7 Å². The van der Waals surface area contributed by atoms with E-state index in [1.165, 1.54) is 25.1 Å². The quantitative estimate of drug-likeness (QED) is 0.839. The summed E-state index contributed by atoms with van der Waals surface area (Å²) in [4.78, 5) is 24.5. The number of hydrogen-bond donors (Lipinski definition) is 1. The van der Waals surface area contributed by atoms with Crippen LogP contribution >= 0.6 is 0 Å². The molecule has 0 radical (unpaired) electrons. The number of carbonyl (C=O) groups excluding carboxylic acids is 2. The largest absolute Gasteiger partial charge is 0.507 e. The Balaban J connectivity index is 2.79. The molecule has 0 bridgehead atoms. The maximum atomic E-state index is 12.8. The summed E-state index contributed by atoms with van der Waals surface area (Å²) in [5.74, 6) is -2.46. The van der Waals surface area contributed by atoms with Crippen LogP contribution in [0.1, 0.15) is 17.3 Å². The van der Waals surface area contributed by atoms with Crippen LogP contribution in [0.2, 0.25) is 0 Å². The van der Waals surface area contributed by atoms with E-state index in [9.17, 15) is 19.1 Å². The fourth-order valence-electron chi connectivity index (χ4n) is 1.66. The van der Waals surface area contributed by atoms with Crippen molar-refractivity contribution >= 4 is 11.9 Å². The van der Waals surface area contributed by atoms with Gasteiger partial charge in [-0.2, -0.15) is 0 Å². The molecule has 0 aromatic heterocycles. The second-order valence-electron chi connectivity index (χ2n) is 4.27. The van der Waals surface area contributed by atoms with Crippen LogP contribution in [-0.2, 0) is 9.53 Å². The van der Waals surface area contributed by atoms with Crippen LogP contribution in [0, 0.1) is 11.7 Å². The number of ether oxygens (including phenoxy) is 1. The Morgan fingerprint density at radius 3 is 2.63 bits per heavy atom. The number of rotatable bonds is 4. The Labute approximate surface area is 110 Å². The van der Waals surface area contributed by atoms with Crippen molar-refractivity contribution < 1.29 is 23.8 Å². The number of esters is 1. The number of carbonyl (C=O) groups is 2. The lowest BCUT2D eigenvalue weighted by molar-refractivity contribution is -0.145. The summed E-state index contributed by atoms with van der Waals surface area (Å²) in [5.41, 5.74) is -0.0130. The predicted molar refractivity (Wildman–Crippen MR) is 66.2 cm³/mol. The smallest absolute Gasteiger partial charge is 0.310 e. The first-order chi connectivity index (χ1) is 8.86. The molecule has 0 saturated heterocycles. The third kappa shape index (κ3) is 3.67. The molecule has 1 atom stereocenters. The summed E-state index contributed by atoms with van der Waals surface area (Å²) in [6.45, 7) is 1.77. The van der Waals surface area contributed by atoms with Crippen LogP contribution in [0.4, 0.5) is 4.39 Å². The summed E-state index contributed by atoms with van der Waals surface area (Å²) >= 11 is 0. The number of hydrogen-bond acceptors (Lipinski definition) is 4. The normalized spacial score (nSPS) is 11.8. The maximum absolute atomic E-state index is 12.8. The minimum atomic E-state index is -0.625. The molecule has 1 aromatic rings. The molecule has 1 aromatic carbocycles. The first-order valence-corrected chi connectivity index (χ1v) is 5.68. The van der Waals surface area contributed by atoms with Crippen LogP contribution in [0.5, 0.6) is 5.75 Å². The zero-order chi connectivity index (χ0) is 14.6. The standard InChI is InChI=1S/C13H16FNO4/c1-8(13(18)19-3)7-15(2)12(17)10-5-4-9(14)6-11(10)16/h4-6,8,16H,7H2,1-3H3. The van der Waals surface area contributed by atoms with Crippen LogP contribution in [0.3, 0.4) is 0 Å². The van der Waals surface area contributed by atoms with Gasteiger partial charge in [0.05, 0.1) is 18.6 Å². The first kappa shape index (κ1) is 14.9. The molecule has 0 saturated carbocycles. The lowest BCUT2D eigenvalue weighted by Gasteiger charge is -2.20. The molecular weight excluding hydrogens is 253 g/mol. The van der Waals surface area contributed by atoms with Crippen LogP contribution < -0.4 is 0 Å². The monoisotopic (exact) mass is 269 g/mol. The van der Waals surface area contributed by atoms with E-state index in [2.05, 4.69) is 4.74 Å². The number of halogens is 1. The number of nitrogens with zero attached hydrogens (tertiary/aromatic N) is 1. The van der Waals surface area contributed by atoms with E-state index in [1.54, 1.807) is 6.92 Å². The van der Waals surface area contributed by atoms with Gasteiger partial charge in [-0.1, -0.05) is 6.92 Å². The minimum absolute atomic E-state index is 0.0130. The molecule has 0 aliphatic carbocycles. The van der Waals surface area contributed by atoms with Crippen molar-refractivity contribution in [2.45, 2.75) is 6.92 Å². The fourth-order valence-corrected chi connectivity index (χ4v) is 1.66. The van der Waals surface area contributed by atoms with Gasteiger partial charge in [-0.05, 0) is 12.1 Å². The van der Waals surface area contributed by atoms with Crippen molar-refractivity contribution in [3.8, 4) is 5.75 Å². The zero-order valence-corrected chi connectivity index (χ0v) is 11.0. The van der Waals surface area contributed by atoms with Gasteiger partial charge < -0.3 is 14.7 Å². The molecule has 0 aliphatic rings. The number of methoxy groups -OCH3 is 1. The van der Waals surface area contributed by atoms with Gasteiger partial charge in [-0.25, -0.2) is 4.39 Å². The van der Waals surface area contributed by atoms with Crippen molar-refractivity contribution in [1.82, 2.24) is 4.90 Å². The summed E-state index contributed by atoms with van der Waals surface area (Å²) in [7, 11) is 2.76. The molecule has 104 valence electrons. The predicted octanol–water partition coefficient (Wildman–Crippen LogP) is 1.41. The van der Waals surface area contributed by atoms with Gasteiger partial charge in [-0.3, -0.25) is 9.59 Å². The van der Waals surface area contributed by atoms with E-state index in [4.69, 9.17) is 0 Å². The molecule has 0 fully saturated rings. The van der Waals surface area contributed by atoms with Crippen molar-refractivity contribution in [2.75, 3.05) is 20.7 Å². The molecule has 5 nitrogen and oxygen atoms in total. The van der Waals surface area contributed by atoms with E-state index in [0.29, 0.717) is 0 Å². The molecule has 1 amide bonds. The number of phenols is 1. The van der Waals surface area contributed by atoms with Gasteiger partial charge >= 0.3 is 5.97 Å². The Morgan fingerprint density at radius 1 is 1.47 bits per heavy atom. The van der Waals surface area contributed by atoms with Gasteiger partial charge in [-0.15, -0.1) is 0 Å². The van der Waals surface area contributed by atoms with E-state index in [-0.39, 0.29) is 12.1 Å². The van der Waals surface area contributed by atoms with Crippen LogP contribution in [0.25, 0.3) is 0 Å². The van der Waals surface area contributed by atoms with E-state index >= 15 is 0 Å². The molecule has 1 rings (SSSR count). The SMILES string of the molecule is COC(=O)C(C)CN(C)C(=O)c1ccc(F)cc1O. The third-order valence-corrected chi connectivity index (χ3v) is 2.69. The second kappa shape index (κ2) is 6.17. The Morgan fingerprint density at radius 2 is 2.11 bits per heavy atom. The summed E-state index contributed by atoms with van der Waals surface area (Å²) < 4.78 is 17.4.